The Morgan fingerprint density at radius 3 is 2.78 bits per heavy atom. The van der Waals surface area contributed by atoms with Crippen LogP contribution in [0, 0.1) is 5.92 Å². The van der Waals surface area contributed by atoms with Gasteiger partial charge in [0.2, 0.25) is 0 Å². The third kappa shape index (κ3) is 3.12. The van der Waals surface area contributed by atoms with Crippen LogP contribution in [0.15, 0.2) is 22.7 Å². The summed E-state index contributed by atoms with van der Waals surface area (Å²) in [7, 11) is 0. The number of hydrogen-bond acceptors (Lipinski definition) is 2. The second-order valence-corrected chi connectivity index (χ2v) is 5.83. The van der Waals surface area contributed by atoms with Gasteiger partial charge < -0.3 is 10.4 Å². The standard InChI is InChI=1S/C14H18BrNO2/c1-9(10-3-2-4-10)16-8-12-6-5-11(14(17)18)7-13(12)15/h5-7,9-10,16H,2-4,8H2,1H3,(H,17,18). The van der Waals surface area contributed by atoms with Crippen molar-refractivity contribution < 1.29 is 9.90 Å². The Bertz CT molecular complexity index is 443. The molecular formula is C14H18BrNO2. The molecule has 98 valence electrons. The van der Waals surface area contributed by atoms with Gasteiger partial charge in [-0.05, 0) is 43.4 Å². The molecule has 1 unspecified atom stereocenters. The quantitative estimate of drug-likeness (QED) is 0.876. The van der Waals surface area contributed by atoms with Gasteiger partial charge in [0, 0.05) is 17.1 Å². The van der Waals surface area contributed by atoms with Crippen LogP contribution < -0.4 is 5.32 Å². The molecule has 0 aromatic heterocycles. The van der Waals surface area contributed by atoms with Crippen LogP contribution in [0.4, 0.5) is 0 Å². The Labute approximate surface area is 116 Å². The lowest BCUT2D eigenvalue weighted by Gasteiger charge is -2.32. The van der Waals surface area contributed by atoms with E-state index in [-0.39, 0.29) is 0 Å². The van der Waals surface area contributed by atoms with Gasteiger partial charge in [0.1, 0.15) is 0 Å². The topological polar surface area (TPSA) is 49.3 Å². The summed E-state index contributed by atoms with van der Waals surface area (Å²) in [6, 6.07) is 5.71. The lowest BCUT2D eigenvalue weighted by atomic mass is 9.80. The van der Waals surface area contributed by atoms with E-state index >= 15 is 0 Å². The van der Waals surface area contributed by atoms with E-state index in [0.29, 0.717) is 11.6 Å². The smallest absolute Gasteiger partial charge is 0.335 e. The molecule has 0 amide bonds. The molecule has 1 aromatic rings. The molecule has 0 spiro atoms. The van der Waals surface area contributed by atoms with E-state index in [2.05, 4.69) is 28.2 Å². The third-order valence-corrected chi connectivity index (χ3v) is 4.51. The molecule has 0 radical (unpaired) electrons. The average Bonchev–Trinajstić information content (AvgIpc) is 2.24. The molecule has 18 heavy (non-hydrogen) atoms. The highest BCUT2D eigenvalue weighted by molar-refractivity contribution is 9.10. The van der Waals surface area contributed by atoms with E-state index in [9.17, 15) is 4.79 Å². The van der Waals surface area contributed by atoms with Crippen LogP contribution >= 0.6 is 15.9 Å². The van der Waals surface area contributed by atoms with Crippen molar-refractivity contribution in [2.45, 2.75) is 38.8 Å². The van der Waals surface area contributed by atoms with Gasteiger partial charge >= 0.3 is 5.97 Å². The largest absolute Gasteiger partial charge is 0.478 e. The van der Waals surface area contributed by atoms with Crippen LogP contribution in [0.2, 0.25) is 0 Å². The maximum absolute atomic E-state index is 10.8. The first-order valence-electron chi connectivity index (χ1n) is 6.33. The van der Waals surface area contributed by atoms with Crippen molar-refractivity contribution in [1.29, 1.82) is 0 Å². The molecular weight excluding hydrogens is 294 g/mol. The molecule has 0 heterocycles. The van der Waals surface area contributed by atoms with E-state index in [0.717, 1.165) is 22.5 Å². The Morgan fingerprint density at radius 1 is 1.56 bits per heavy atom. The molecule has 1 aliphatic carbocycles. The summed E-state index contributed by atoms with van der Waals surface area (Å²) in [6.07, 6.45) is 4.01. The summed E-state index contributed by atoms with van der Waals surface area (Å²) < 4.78 is 0.857. The molecule has 0 bridgehead atoms. The summed E-state index contributed by atoms with van der Waals surface area (Å²) in [5.74, 6) is -0.0832. The van der Waals surface area contributed by atoms with Crippen molar-refractivity contribution in [2.75, 3.05) is 0 Å². The maximum atomic E-state index is 10.8. The van der Waals surface area contributed by atoms with Gasteiger partial charge in [0.05, 0.1) is 5.56 Å². The summed E-state index contributed by atoms with van der Waals surface area (Å²) in [5.41, 5.74) is 1.42. The van der Waals surface area contributed by atoms with Crippen LogP contribution in [0.25, 0.3) is 0 Å². The van der Waals surface area contributed by atoms with E-state index in [1.807, 2.05) is 6.07 Å². The highest BCUT2D eigenvalue weighted by Crippen LogP contribution is 2.29. The Hall–Kier alpha value is -0.870. The van der Waals surface area contributed by atoms with Crippen LogP contribution in [0.5, 0.6) is 0 Å². The number of carboxylic acids is 1. The molecule has 1 fully saturated rings. The highest BCUT2D eigenvalue weighted by atomic mass is 79.9. The lowest BCUT2D eigenvalue weighted by molar-refractivity contribution is 0.0697. The zero-order valence-electron chi connectivity index (χ0n) is 10.4. The number of aromatic carboxylic acids is 1. The first-order valence-corrected chi connectivity index (χ1v) is 7.12. The average molecular weight is 312 g/mol. The molecule has 1 aliphatic rings. The third-order valence-electron chi connectivity index (χ3n) is 3.77. The summed E-state index contributed by atoms with van der Waals surface area (Å²) in [6.45, 7) is 3.00. The number of nitrogens with one attached hydrogen (secondary N) is 1. The van der Waals surface area contributed by atoms with Gasteiger partial charge in [0.15, 0.2) is 0 Å². The minimum atomic E-state index is -0.891. The minimum absolute atomic E-state index is 0.317. The fraction of sp³-hybridized carbons (Fsp3) is 0.500. The number of rotatable bonds is 5. The number of carboxylic acid groups (broad SMARTS) is 1. The molecule has 1 saturated carbocycles. The zero-order chi connectivity index (χ0) is 13.1. The fourth-order valence-corrected chi connectivity index (χ4v) is 2.72. The summed E-state index contributed by atoms with van der Waals surface area (Å²) in [5, 5.41) is 12.4. The molecule has 4 heteroatoms. The second-order valence-electron chi connectivity index (χ2n) is 4.97. The fourth-order valence-electron chi connectivity index (χ4n) is 2.20. The first kappa shape index (κ1) is 13.6. The monoisotopic (exact) mass is 311 g/mol. The van der Waals surface area contributed by atoms with E-state index in [1.54, 1.807) is 12.1 Å². The molecule has 2 rings (SSSR count). The van der Waals surface area contributed by atoms with Crippen molar-refractivity contribution >= 4 is 21.9 Å². The van der Waals surface area contributed by atoms with Crippen LogP contribution in [-0.2, 0) is 6.54 Å². The number of hydrogen-bond donors (Lipinski definition) is 2. The predicted octanol–water partition coefficient (Wildman–Crippen LogP) is 3.43. The summed E-state index contributed by atoms with van der Waals surface area (Å²) in [4.78, 5) is 10.8. The van der Waals surface area contributed by atoms with E-state index in [1.165, 1.54) is 19.3 Å². The number of carbonyl (C=O) groups is 1. The minimum Gasteiger partial charge on any atom is -0.478 e. The Morgan fingerprint density at radius 2 is 2.28 bits per heavy atom. The molecule has 3 nitrogen and oxygen atoms in total. The highest BCUT2D eigenvalue weighted by Gasteiger charge is 2.23. The van der Waals surface area contributed by atoms with E-state index in [4.69, 9.17) is 5.11 Å². The van der Waals surface area contributed by atoms with Gasteiger partial charge in [-0.25, -0.2) is 4.79 Å². The predicted molar refractivity (Wildman–Crippen MR) is 74.7 cm³/mol. The first-order chi connectivity index (χ1) is 8.58. The number of halogens is 1. The van der Waals surface area contributed by atoms with Gasteiger partial charge in [-0.3, -0.25) is 0 Å². The normalized spacial score (nSPS) is 17.2. The molecule has 1 aromatic carbocycles. The van der Waals surface area contributed by atoms with Crippen LogP contribution in [-0.4, -0.2) is 17.1 Å². The van der Waals surface area contributed by atoms with Gasteiger partial charge in [0.25, 0.3) is 0 Å². The SMILES string of the molecule is CC(NCc1ccc(C(=O)O)cc1Br)C1CCC1. The van der Waals surface area contributed by atoms with Crippen molar-refractivity contribution in [3.63, 3.8) is 0 Å². The molecule has 1 atom stereocenters. The van der Waals surface area contributed by atoms with Crippen LogP contribution in [0.3, 0.4) is 0 Å². The van der Waals surface area contributed by atoms with E-state index < -0.39 is 5.97 Å². The van der Waals surface area contributed by atoms with Gasteiger partial charge in [-0.15, -0.1) is 0 Å². The molecule has 0 aliphatic heterocycles. The van der Waals surface area contributed by atoms with Gasteiger partial charge in [-0.1, -0.05) is 28.4 Å². The molecule has 2 N–H and O–H groups in total. The Balaban J connectivity index is 1.94. The van der Waals surface area contributed by atoms with Gasteiger partial charge in [-0.2, -0.15) is 0 Å². The van der Waals surface area contributed by atoms with Crippen molar-refractivity contribution in [1.82, 2.24) is 5.32 Å². The maximum Gasteiger partial charge on any atom is 0.335 e. The van der Waals surface area contributed by atoms with Crippen LogP contribution in [0.1, 0.15) is 42.1 Å². The summed E-state index contributed by atoms with van der Waals surface area (Å²) >= 11 is 3.43. The zero-order valence-corrected chi connectivity index (χ0v) is 12.0. The molecule has 0 saturated heterocycles. The van der Waals surface area contributed by atoms with Crippen molar-refractivity contribution in [3.05, 3.63) is 33.8 Å². The Kier molecular flexibility index (Phi) is 4.40. The second kappa shape index (κ2) is 5.85. The van der Waals surface area contributed by atoms with Crippen molar-refractivity contribution in [3.8, 4) is 0 Å². The van der Waals surface area contributed by atoms with Crippen molar-refractivity contribution in [2.24, 2.45) is 5.92 Å². The lowest BCUT2D eigenvalue weighted by Crippen LogP contribution is -2.36. The number of benzene rings is 1.